The average molecular weight is 493 g/mol. The van der Waals surface area contributed by atoms with Crippen molar-refractivity contribution >= 4 is 39.2 Å². The summed E-state index contributed by atoms with van der Waals surface area (Å²) in [5, 5.41) is 5.59. The molecule has 0 spiro atoms. The van der Waals surface area contributed by atoms with Crippen LogP contribution in [0.15, 0.2) is 53.4 Å². The van der Waals surface area contributed by atoms with Crippen LogP contribution in [0.25, 0.3) is 0 Å². The minimum atomic E-state index is -3.73. The number of hydrogen-bond donors (Lipinski definition) is 2. The molecule has 33 heavy (non-hydrogen) atoms. The Hall–Kier alpha value is -2.66. The molecule has 2 heterocycles. The van der Waals surface area contributed by atoms with E-state index in [-0.39, 0.29) is 47.1 Å². The van der Waals surface area contributed by atoms with E-state index in [4.69, 9.17) is 16.3 Å². The van der Waals surface area contributed by atoms with Crippen molar-refractivity contribution in [3.63, 3.8) is 0 Å². The quantitative estimate of drug-likeness (QED) is 0.643. The average Bonchev–Trinajstić information content (AvgIpc) is 3.14. The third kappa shape index (κ3) is 5.64. The van der Waals surface area contributed by atoms with Crippen LogP contribution >= 0.6 is 11.6 Å². The largest absolute Gasteiger partial charge is 0.379 e. The van der Waals surface area contributed by atoms with Gasteiger partial charge in [-0.2, -0.15) is 4.31 Å². The van der Waals surface area contributed by atoms with E-state index in [1.807, 2.05) is 30.3 Å². The second kappa shape index (κ2) is 10.1. The fourth-order valence-electron chi connectivity index (χ4n) is 3.87. The number of benzene rings is 2. The number of carbonyl (C=O) groups is 2. The molecule has 2 N–H and O–H groups in total. The maximum Gasteiger partial charge on any atom is 0.319 e. The van der Waals surface area contributed by atoms with Crippen molar-refractivity contribution in [1.82, 2.24) is 14.5 Å². The fourth-order valence-corrected chi connectivity index (χ4v) is 5.47. The summed E-state index contributed by atoms with van der Waals surface area (Å²) in [6, 6.07) is 12.9. The molecule has 2 aliphatic rings. The standard InChI is InChI=1S/C22H25ClN4O5S/c23-19-7-6-18(33(30,31)27-8-10-32-11-9-27)13-20(19)25-22(29)24-17-12-21(28)26(15-17)14-16-4-2-1-3-5-16/h1-7,13,17H,8-12,14-15H2,(H2,24,25,29). The van der Waals surface area contributed by atoms with E-state index in [0.29, 0.717) is 26.3 Å². The number of morpholine rings is 1. The predicted octanol–water partition coefficient (Wildman–Crippen LogP) is 2.28. The summed E-state index contributed by atoms with van der Waals surface area (Å²) in [6.45, 7) is 2.07. The molecule has 2 aromatic rings. The lowest BCUT2D eigenvalue weighted by Crippen LogP contribution is -2.41. The smallest absolute Gasteiger partial charge is 0.319 e. The van der Waals surface area contributed by atoms with E-state index < -0.39 is 16.1 Å². The first-order valence-corrected chi connectivity index (χ1v) is 12.4. The van der Waals surface area contributed by atoms with Gasteiger partial charge in [0.05, 0.1) is 34.9 Å². The number of nitrogens with one attached hydrogen (secondary N) is 2. The van der Waals surface area contributed by atoms with Crippen LogP contribution in [0.2, 0.25) is 5.02 Å². The highest BCUT2D eigenvalue weighted by Gasteiger charge is 2.31. The monoisotopic (exact) mass is 492 g/mol. The molecular weight excluding hydrogens is 468 g/mol. The number of amides is 3. The van der Waals surface area contributed by atoms with Gasteiger partial charge in [0.15, 0.2) is 0 Å². The molecule has 0 aliphatic carbocycles. The second-order valence-corrected chi connectivity index (χ2v) is 10.3. The van der Waals surface area contributed by atoms with Gasteiger partial charge < -0.3 is 20.3 Å². The molecule has 0 radical (unpaired) electrons. The van der Waals surface area contributed by atoms with Crippen LogP contribution in [0, 0.1) is 0 Å². The van der Waals surface area contributed by atoms with Crippen molar-refractivity contribution in [3.8, 4) is 0 Å². The Kier molecular flexibility index (Phi) is 7.18. The highest BCUT2D eigenvalue weighted by molar-refractivity contribution is 7.89. The van der Waals surface area contributed by atoms with Gasteiger partial charge in [-0.15, -0.1) is 0 Å². The lowest BCUT2D eigenvalue weighted by Gasteiger charge is -2.26. The minimum Gasteiger partial charge on any atom is -0.379 e. The van der Waals surface area contributed by atoms with E-state index in [1.54, 1.807) is 4.90 Å². The maximum atomic E-state index is 12.9. The van der Waals surface area contributed by atoms with E-state index >= 15 is 0 Å². The lowest BCUT2D eigenvalue weighted by molar-refractivity contribution is -0.128. The lowest BCUT2D eigenvalue weighted by atomic mass is 10.2. The fraction of sp³-hybridized carbons (Fsp3) is 0.364. The van der Waals surface area contributed by atoms with Gasteiger partial charge >= 0.3 is 6.03 Å². The van der Waals surface area contributed by atoms with Gasteiger partial charge in [0, 0.05) is 32.6 Å². The first-order chi connectivity index (χ1) is 15.8. The number of hydrogen-bond acceptors (Lipinski definition) is 5. The Morgan fingerprint density at radius 2 is 1.85 bits per heavy atom. The number of anilines is 1. The Bertz CT molecular complexity index is 1120. The maximum absolute atomic E-state index is 12.9. The summed E-state index contributed by atoms with van der Waals surface area (Å²) in [5.74, 6) is -0.0409. The van der Waals surface area contributed by atoms with Crippen molar-refractivity contribution in [2.75, 3.05) is 38.2 Å². The van der Waals surface area contributed by atoms with Gasteiger partial charge in [-0.05, 0) is 23.8 Å². The summed E-state index contributed by atoms with van der Waals surface area (Å²) in [5.41, 5.74) is 1.19. The van der Waals surface area contributed by atoms with Crippen LogP contribution in [-0.4, -0.2) is 68.5 Å². The molecule has 0 aromatic heterocycles. The van der Waals surface area contributed by atoms with Crippen LogP contribution < -0.4 is 10.6 Å². The van der Waals surface area contributed by atoms with Gasteiger partial charge in [0.25, 0.3) is 0 Å². The Morgan fingerprint density at radius 1 is 1.12 bits per heavy atom. The molecule has 176 valence electrons. The van der Waals surface area contributed by atoms with Crippen LogP contribution in [-0.2, 0) is 26.1 Å². The topological polar surface area (TPSA) is 108 Å². The predicted molar refractivity (Wildman–Crippen MR) is 123 cm³/mol. The third-order valence-electron chi connectivity index (χ3n) is 5.56. The number of rotatable bonds is 6. The number of ether oxygens (including phenoxy) is 1. The SMILES string of the molecule is O=C(Nc1cc(S(=O)(=O)N2CCOCC2)ccc1Cl)NC1CC(=O)N(Cc2ccccc2)C1. The number of carbonyl (C=O) groups excluding carboxylic acids is 2. The van der Waals surface area contributed by atoms with Crippen molar-refractivity contribution in [2.45, 2.75) is 23.9 Å². The van der Waals surface area contributed by atoms with Crippen LogP contribution in [0.3, 0.4) is 0 Å². The molecule has 9 nitrogen and oxygen atoms in total. The van der Waals surface area contributed by atoms with E-state index in [1.165, 1.54) is 22.5 Å². The molecule has 2 fully saturated rings. The molecule has 0 saturated carbocycles. The number of halogens is 1. The van der Waals surface area contributed by atoms with Gasteiger partial charge in [0.1, 0.15) is 0 Å². The van der Waals surface area contributed by atoms with Crippen molar-refractivity contribution in [1.29, 1.82) is 0 Å². The zero-order chi connectivity index (χ0) is 23.4. The summed E-state index contributed by atoms with van der Waals surface area (Å²) >= 11 is 6.20. The van der Waals surface area contributed by atoms with Gasteiger partial charge in [-0.1, -0.05) is 41.9 Å². The first kappa shape index (κ1) is 23.5. The van der Waals surface area contributed by atoms with E-state index in [9.17, 15) is 18.0 Å². The molecule has 1 atom stereocenters. The second-order valence-electron chi connectivity index (χ2n) is 7.92. The Morgan fingerprint density at radius 3 is 2.58 bits per heavy atom. The Balaban J connectivity index is 1.38. The molecule has 1 unspecified atom stereocenters. The van der Waals surface area contributed by atoms with Crippen LogP contribution in [0.1, 0.15) is 12.0 Å². The zero-order valence-electron chi connectivity index (χ0n) is 17.9. The molecular formula is C22H25ClN4O5S. The number of nitrogens with zero attached hydrogens (tertiary/aromatic N) is 2. The minimum absolute atomic E-state index is 0.0363. The van der Waals surface area contributed by atoms with E-state index in [2.05, 4.69) is 10.6 Å². The van der Waals surface area contributed by atoms with Crippen molar-refractivity contribution in [2.24, 2.45) is 0 Å². The van der Waals surface area contributed by atoms with Crippen LogP contribution in [0.4, 0.5) is 10.5 Å². The van der Waals surface area contributed by atoms with E-state index in [0.717, 1.165) is 5.56 Å². The van der Waals surface area contributed by atoms with Crippen molar-refractivity contribution in [3.05, 3.63) is 59.1 Å². The third-order valence-corrected chi connectivity index (χ3v) is 7.78. The van der Waals surface area contributed by atoms with Crippen LogP contribution in [0.5, 0.6) is 0 Å². The van der Waals surface area contributed by atoms with Gasteiger partial charge in [-0.3, -0.25) is 4.79 Å². The molecule has 2 aromatic carbocycles. The Labute approximate surface area is 197 Å². The highest BCUT2D eigenvalue weighted by Crippen LogP contribution is 2.27. The first-order valence-electron chi connectivity index (χ1n) is 10.6. The zero-order valence-corrected chi connectivity index (χ0v) is 19.4. The molecule has 0 bridgehead atoms. The summed E-state index contributed by atoms with van der Waals surface area (Å²) in [7, 11) is -3.73. The van der Waals surface area contributed by atoms with Crippen molar-refractivity contribution < 1.29 is 22.7 Å². The number of urea groups is 1. The molecule has 2 aliphatic heterocycles. The summed E-state index contributed by atoms with van der Waals surface area (Å²) < 4.78 is 32.3. The highest BCUT2D eigenvalue weighted by atomic mass is 35.5. The van der Waals surface area contributed by atoms with Gasteiger partial charge in [-0.25, -0.2) is 13.2 Å². The van der Waals surface area contributed by atoms with Gasteiger partial charge in [0.2, 0.25) is 15.9 Å². The molecule has 4 rings (SSSR count). The molecule has 3 amide bonds. The summed E-state index contributed by atoms with van der Waals surface area (Å²) in [6.07, 6.45) is 0.194. The number of likely N-dealkylation sites (tertiary alicyclic amines) is 1. The molecule has 11 heteroatoms. The summed E-state index contributed by atoms with van der Waals surface area (Å²) in [4.78, 5) is 26.6. The number of sulfonamides is 1. The molecule has 2 saturated heterocycles. The normalized spacial score (nSPS) is 19.5.